The van der Waals surface area contributed by atoms with Crippen LogP contribution in [-0.4, -0.2) is 48.2 Å². The van der Waals surface area contributed by atoms with Gasteiger partial charge in [-0.25, -0.2) is 4.79 Å². The molecule has 0 aromatic heterocycles. The third-order valence-electron chi connectivity index (χ3n) is 6.25. The van der Waals surface area contributed by atoms with E-state index >= 15 is 0 Å². The minimum atomic E-state index is -0.943. The molecule has 180 valence electrons. The summed E-state index contributed by atoms with van der Waals surface area (Å²) in [6, 6.07) is 24.2. The summed E-state index contributed by atoms with van der Waals surface area (Å²) in [5.74, 6) is -1.34. The van der Waals surface area contributed by atoms with Crippen LogP contribution in [0.2, 0.25) is 0 Å². The fourth-order valence-corrected chi connectivity index (χ4v) is 4.49. The predicted octanol–water partition coefficient (Wildman–Crippen LogP) is 4.59. The molecule has 0 bridgehead atoms. The van der Waals surface area contributed by atoms with E-state index in [-0.39, 0.29) is 31.4 Å². The summed E-state index contributed by atoms with van der Waals surface area (Å²) in [5, 5.41) is 11.6. The molecule has 0 fully saturated rings. The van der Waals surface area contributed by atoms with Gasteiger partial charge in [-0.1, -0.05) is 78.9 Å². The van der Waals surface area contributed by atoms with Crippen molar-refractivity contribution in [1.29, 1.82) is 0 Å². The standard InChI is InChI=1S/C28H28N2O5/c1-30(17-9-16-25(31)32)27(33)26(19-10-3-2-4-11-19)29-28(34)35-18-24-22-14-7-5-12-20(22)21-13-6-8-15-23(21)24/h2-8,10-15,24,26H,9,16-18H2,1H3,(H,29,34)(H,31,32). The van der Waals surface area contributed by atoms with Gasteiger partial charge >= 0.3 is 12.1 Å². The number of hydrogen-bond acceptors (Lipinski definition) is 4. The first-order chi connectivity index (χ1) is 17.0. The number of nitrogens with one attached hydrogen (secondary N) is 1. The lowest BCUT2D eigenvalue weighted by molar-refractivity contribution is -0.138. The highest BCUT2D eigenvalue weighted by molar-refractivity contribution is 5.87. The van der Waals surface area contributed by atoms with Gasteiger partial charge in [0.15, 0.2) is 0 Å². The molecule has 3 aromatic carbocycles. The quantitative estimate of drug-likeness (QED) is 0.475. The minimum Gasteiger partial charge on any atom is -0.481 e. The number of nitrogens with zero attached hydrogens (tertiary/aromatic N) is 1. The molecule has 1 unspecified atom stereocenters. The van der Waals surface area contributed by atoms with Crippen LogP contribution in [0.3, 0.4) is 0 Å². The maximum Gasteiger partial charge on any atom is 0.408 e. The lowest BCUT2D eigenvalue weighted by Gasteiger charge is -2.25. The van der Waals surface area contributed by atoms with Crippen molar-refractivity contribution in [2.24, 2.45) is 0 Å². The second-order valence-electron chi connectivity index (χ2n) is 8.57. The van der Waals surface area contributed by atoms with E-state index in [0.717, 1.165) is 22.3 Å². The number of hydrogen-bond donors (Lipinski definition) is 2. The molecule has 0 saturated heterocycles. The number of carbonyl (C=O) groups is 3. The highest BCUT2D eigenvalue weighted by Crippen LogP contribution is 2.44. The van der Waals surface area contributed by atoms with Gasteiger partial charge in [0, 0.05) is 25.9 Å². The highest BCUT2D eigenvalue weighted by atomic mass is 16.5. The summed E-state index contributed by atoms with van der Waals surface area (Å²) < 4.78 is 5.64. The van der Waals surface area contributed by atoms with E-state index in [1.165, 1.54) is 4.90 Å². The number of benzene rings is 3. The van der Waals surface area contributed by atoms with Gasteiger partial charge in [-0.15, -0.1) is 0 Å². The molecule has 1 aliphatic carbocycles. The molecule has 2 N–H and O–H groups in total. The first-order valence-corrected chi connectivity index (χ1v) is 11.6. The van der Waals surface area contributed by atoms with Crippen LogP contribution >= 0.6 is 0 Å². The largest absolute Gasteiger partial charge is 0.481 e. The molecule has 7 nitrogen and oxygen atoms in total. The van der Waals surface area contributed by atoms with Crippen molar-refractivity contribution in [1.82, 2.24) is 10.2 Å². The summed E-state index contributed by atoms with van der Waals surface area (Å²) in [7, 11) is 1.60. The lowest BCUT2D eigenvalue weighted by Crippen LogP contribution is -2.42. The summed E-state index contributed by atoms with van der Waals surface area (Å²) >= 11 is 0. The van der Waals surface area contributed by atoms with Crippen molar-refractivity contribution in [2.45, 2.75) is 24.8 Å². The summed E-state index contributed by atoms with van der Waals surface area (Å²) in [6.45, 7) is 0.408. The smallest absolute Gasteiger partial charge is 0.408 e. The second kappa shape index (κ2) is 10.9. The molecule has 2 amide bonds. The minimum absolute atomic E-state index is 0.0343. The van der Waals surface area contributed by atoms with Gasteiger partial charge in [0.1, 0.15) is 12.6 Å². The van der Waals surface area contributed by atoms with Crippen molar-refractivity contribution in [2.75, 3.05) is 20.2 Å². The normalized spacial score (nSPS) is 12.8. The number of carboxylic acids is 1. The molecule has 0 radical (unpaired) electrons. The Morgan fingerprint density at radius 1 is 0.914 bits per heavy atom. The van der Waals surface area contributed by atoms with Crippen LogP contribution in [0.15, 0.2) is 78.9 Å². The molecule has 3 aromatic rings. The molecule has 0 spiro atoms. The van der Waals surface area contributed by atoms with Crippen LogP contribution in [0.5, 0.6) is 0 Å². The maximum atomic E-state index is 13.2. The van der Waals surface area contributed by atoms with Crippen molar-refractivity contribution < 1.29 is 24.2 Å². The predicted molar refractivity (Wildman–Crippen MR) is 132 cm³/mol. The molecule has 1 atom stereocenters. The van der Waals surface area contributed by atoms with Gasteiger partial charge in [0.25, 0.3) is 0 Å². The van der Waals surface area contributed by atoms with Crippen molar-refractivity contribution in [3.63, 3.8) is 0 Å². The molecular formula is C28H28N2O5. The number of carboxylic acid groups (broad SMARTS) is 1. The second-order valence-corrected chi connectivity index (χ2v) is 8.57. The number of aliphatic carboxylic acids is 1. The average molecular weight is 473 g/mol. The number of alkyl carbamates (subject to hydrolysis) is 1. The van der Waals surface area contributed by atoms with E-state index < -0.39 is 18.1 Å². The Morgan fingerprint density at radius 2 is 1.49 bits per heavy atom. The zero-order valence-electron chi connectivity index (χ0n) is 19.5. The molecule has 0 heterocycles. The van der Waals surface area contributed by atoms with Gasteiger partial charge in [-0.2, -0.15) is 0 Å². The van der Waals surface area contributed by atoms with Crippen LogP contribution in [0.4, 0.5) is 4.79 Å². The van der Waals surface area contributed by atoms with Crippen molar-refractivity contribution in [3.8, 4) is 11.1 Å². The Hall–Kier alpha value is -4.13. The highest BCUT2D eigenvalue weighted by Gasteiger charge is 2.30. The van der Waals surface area contributed by atoms with Gasteiger partial charge in [0.05, 0.1) is 0 Å². The van der Waals surface area contributed by atoms with Gasteiger partial charge in [-0.3, -0.25) is 9.59 Å². The Kier molecular flexibility index (Phi) is 7.45. The van der Waals surface area contributed by atoms with Gasteiger partial charge < -0.3 is 20.1 Å². The van der Waals surface area contributed by atoms with E-state index in [2.05, 4.69) is 17.4 Å². The maximum absolute atomic E-state index is 13.2. The molecule has 7 heteroatoms. The van der Waals surface area contributed by atoms with Crippen LogP contribution in [0, 0.1) is 0 Å². The topological polar surface area (TPSA) is 95.9 Å². The Bertz CT molecular complexity index is 1170. The average Bonchev–Trinajstić information content (AvgIpc) is 3.19. The van der Waals surface area contributed by atoms with Crippen LogP contribution in [0.25, 0.3) is 11.1 Å². The van der Waals surface area contributed by atoms with Crippen molar-refractivity contribution in [3.05, 3.63) is 95.6 Å². The lowest BCUT2D eigenvalue weighted by atomic mass is 9.98. The molecule has 0 aliphatic heterocycles. The van der Waals surface area contributed by atoms with E-state index in [0.29, 0.717) is 12.0 Å². The van der Waals surface area contributed by atoms with Crippen LogP contribution in [0.1, 0.15) is 41.5 Å². The number of likely N-dealkylation sites (N-methyl/N-ethyl adjacent to an activating group) is 1. The number of ether oxygens (including phenoxy) is 1. The zero-order chi connectivity index (χ0) is 24.8. The molecule has 0 saturated carbocycles. The Labute approximate surface area is 204 Å². The number of fused-ring (bicyclic) bond motifs is 3. The van der Waals surface area contributed by atoms with E-state index in [9.17, 15) is 14.4 Å². The first-order valence-electron chi connectivity index (χ1n) is 11.6. The zero-order valence-corrected chi connectivity index (χ0v) is 19.5. The fourth-order valence-electron chi connectivity index (χ4n) is 4.49. The van der Waals surface area contributed by atoms with Gasteiger partial charge in [-0.05, 0) is 34.2 Å². The Morgan fingerprint density at radius 3 is 2.09 bits per heavy atom. The van der Waals surface area contributed by atoms with Gasteiger partial charge in [0.2, 0.25) is 5.91 Å². The summed E-state index contributed by atoms with van der Waals surface area (Å²) in [4.78, 5) is 38.3. The van der Waals surface area contributed by atoms with E-state index in [4.69, 9.17) is 9.84 Å². The number of amides is 2. The van der Waals surface area contributed by atoms with Crippen molar-refractivity contribution >= 4 is 18.0 Å². The third kappa shape index (κ3) is 5.51. The third-order valence-corrected chi connectivity index (χ3v) is 6.25. The van der Waals surface area contributed by atoms with Crippen LogP contribution < -0.4 is 5.32 Å². The molecule has 35 heavy (non-hydrogen) atoms. The first kappa shape index (κ1) is 24.0. The van der Waals surface area contributed by atoms with Crippen LogP contribution in [-0.2, 0) is 14.3 Å². The van der Waals surface area contributed by atoms with E-state index in [1.54, 1.807) is 31.3 Å². The SMILES string of the molecule is CN(CCCC(=O)O)C(=O)C(NC(=O)OCC1c2ccccc2-c2ccccc21)c1ccccc1. The Balaban J connectivity index is 1.45. The summed E-state index contributed by atoms with van der Waals surface area (Å²) in [5.41, 5.74) is 5.11. The van der Waals surface area contributed by atoms with E-state index in [1.807, 2.05) is 42.5 Å². The fraction of sp³-hybridized carbons (Fsp3) is 0.250. The number of rotatable bonds is 9. The molecule has 4 rings (SSSR count). The summed E-state index contributed by atoms with van der Waals surface area (Å²) in [6.07, 6.45) is -0.398. The molecular weight excluding hydrogens is 444 g/mol. The number of carbonyl (C=O) groups excluding carboxylic acids is 2. The molecule has 1 aliphatic rings. The monoisotopic (exact) mass is 472 g/mol.